The Kier molecular flexibility index (Phi) is 5.91. The fourth-order valence-corrected chi connectivity index (χ4v) is 2.10. The second-order valence-corrected chi connectivity index (χ2v) is 5.15. The zero-order valence-electron chi connectivity index (χ0n) is 12.5. The third-order valence-corrected chi connectivity index (χ3v) is 3.37. The molecule has 0 radical (unpaired) electrons. The molecule has 3 N–H and O–H groups in total. The number of pyridine rings is 1. The largest absolute Gasteiger partial charge is 0.352 e. The molecular formula is C17H21N3O2. The highest BCUT2D eigenvalue weighted by atomic mass is 16.1. The van der Waals surface area contributed by atoms with Crippen LogP contribution in [0.15, 0.2) is 53.5 Å². The summed E-state index contributed by atoms with van der Waals surface area (Å²) in [7, 11) is 0. The molecule has 1 aromatic carbocycles. The van der Waals surface area contributed by atoms with Gasteiger partial charge in [0.15, 0.2) is 0 Å². The van der Waals surface area contributed by atoms with Crippen molar-refractivity contribution in [2.45, 2.75) is 25.9 Å². The van der Waals surface area contributed by atoms with Crippen molar-refractivity contribution in [2.75, 3.05) is 6.54 Å². The number of carbonyl (C=O) groups is 1. The predicted molar refractivity (Wildman–Crippen MR) is 86.4 cm³/mol. The van der Waals surface area contributed by atoms with Crippen LogP contribution in [0.25, 0.3) is 0 Å². The quantitative estimate of drug-likeness (QED) is 0.808. The van der Waals surface area contributed by atoms with Crippen molar-refractivity contribution in [3.05, 3.63) is 70.1 Å². The average molecular weight is 299 g/mol. The van der Waals surface area contributed by atoms with Crippen LogP contribution >= 0.6 is 0 Å². The molecule has 1 amide bonds. The van der Waals surface area contributed by atoms with Crippen molar-refractivity contribution in [3.63, 3.8) is 0 Å². The number of nitrogens with two attached hydrogens (primary N) is 1. The summed E-state index contributed by atoms with van der Waals surface area (Å²) in [6.07, 6.45) is 2.94. The summed E-state index contributed by atoms with van der Waals surface area (Å²) in [6, 6.07) is 13.0. The molecule has 1 heterocycles. The van der Waals surface area contributed by atoms with Crippen LogP contribution in [-0.4, -0.2) is 17.0 Å². The second kappa shape index (κ2) is 8.14. The number of benzene rings is 1. The number of aromatic nitrogens is 1. The summed E-state index contributed by atoms with van der Waals surface area (Å²) in [5.74, 6) is 0.0189. The molecule has 2 aromatic rings. The maximum atomic E-state index is 11.7. The number of nitrogens with zero attached hydrogens (tertiary/aromatic N) is 1. The topological polar surface area (TPSA) is 77.1 Å². The van der Waals surface area contributed by atoms with Gasteiger partial charge in [0.2, 0.25) is 5.91 Å². The Morgan fingerprint density at radius 3 is 2.50 bits per heavy atom. The van der Waals surface area contributed by atoms with Gasteiger partial charge in [-0.3, -0.25) is 9.59 Å². The molecule has 2 rings (SSSR count). The molecule has 22 heavy (non-hydrogen) atoms. The number of hydrogen-bond donors (Lipinski definition) is 2. The highest BCUT2D eigenvalue weighted by molar-refractivity contribution is 5.75. The van der Waals surface area contributed by atoms with E-state index in [1.807, 2.05) is 30.3 Å². The highest BCUT2D eigenvalue weighted by Gasteiger charge is 2.01. The fourth-order valence-electron chi connectivity index (χ4n) is 2.10. The fraction of sp³-hybridized carbons (Fsp3) is 0.294. The van der Waals surface area contributed by atoms with Crippen LogP contribution in [0.4, 0.5) is 0 Å². The first-order valence-corrected chi connectivity index (χ1v) is 7.39. The van der Waals surface area contributed by atoms with Crippen LogP contribution in [0.5, 0.6) is 0 Å². The number of hydrogen-bond acceptors (Lipinski definition) is 3. The second-order valence-electron chi connectivity index (χ2n) is 5.15. The third kappa shape index (κ3) is 4.86. The minimum Gasteiger partial charge on any atom is -0.352 e. The van der Waals surface area contributed by atoms with E-state index in [9.17, 15) is 9.59 Å². The first-order valence-electron chi connectivity index (χ1n) is 7.39. The molecule has 1 aromatic heterocycles. The molecule has 0 fully saturated rings. The summed E-state index contributed by atoms with van der Waals surface area (Å²) in [4.78, 5) is 23.2. The van der Waals surface area contributed by atoms with Crippen LogP contribution in [0.2, 0.25) is 0 Å². The van der Waals surface area contributed by atoms with Gasteiger partial charge in [-0.1, -0.05) is 30.3 Å². The van der Waals surface area contributed by atoms with Gasteiger partial charge < -0.3 is 15.6 Å². The van der Waals surface area contributed by atoms with Crippen LogP contribution in [-0.2, 0) is 17.9 Å². The molecule has 5 heteroatoms. The van der Waals surface area contributed by atoms with E-state index >= 15 is 0 Å². The SMILES string of the molecule is NCCCC(=O)NCc1ccc(Cn2ccccc2=O)cc1. The molecule has 0 spiro atoms. The summed E-state index contributed by atoms with van der Waals surface area (Å²) >= 11 is 0. The molecule has 0 atom stereocenters. The van der Waals surface area contributed by atoms with E-state index in [1.165, 1.54) is 0 Å². The van der Waals surface area contributed by atoms with Crippen LogP contribution in [0, 0.1) is 0 Å². The van der Waals surface area contributed by atoms with Gasteiger partial charge in [0, 0.05) is 25.2 Å². The lowest BCUT2D eigenvalue weighted by Gasteiger charge is -2.08. The number of rotatable bonds is 7. The summed E-state index contributed by atoms with van der Waals surface area (Å²) in [6.45, 7) is 1.58. The van der Waals surface area contributed by atoms with Crippen molar-refractivity contribution in [1.82, 2.24) is 9.88 Å². The van der Waals surface area contributed by atoms with Crippen molar-refractivity contribution in [1.29, 1.82) is 0 Å². The van der Waals surface area contributed by atoms with Crippen LogP contribution in [0.3, 0.4) is 0 Å². The Labute approximate surface area is 129 Å². The minimum absolute atomic E-state index is 0.0151. The lowest BCUT2D eigenvalue weighted by atomic mass is 10.1. The Morgan fingerprint density at radius 1 is 1.09 bits per heavy atom. The van der Waals surface area contributed by atoms with Crippen molar-refractivity contribution < 1.29 is 4.79 Å². The van der Waals surface area contributed by atoms with Gasteiger partial charge in [-0.15, -0.1) is 0 Å². The van der Waals surface area contributed by atoms with Crippen molar-refractivity contribution >= 4 is 5.91 Å². The van der Waals surface area contributed by atoms with Gasteiger partial charge in [-0.2, -0.15) is 0 Å². The molecule has 0 aliphatic rings. The lowest BCUT2D eigenvalue weighted by molar-refractivity contribution is -0.121. The van der Waals surface area contributed by atoms with Gasteiger partial charge in [-0.25, -0.2) is 0 Å². The Bertz CT molecular complexity index is 662. The Morgan fingerprint density at radius 2 is 1.82 bits per heavy atom. The van der Waals surface area contributed by atoms with Crippen LogP contribution < -0.4 is 16.6 Å². The lowest BCUT2D eigenvalue weighted by Crippen LogP contribution is -2.23. The van der Waals surface area contributed by atoms with E-state index < -0.39 is 0 Å². The number of amides is 1. The molecule has 116 valence electrons. The van der Waals surface area contributed by atoms with Crippen LogP contribution in [0.1, 0.15) is 24.0 Å². The monoisotopic (exact) mass is 299 g/mol. The molecular weight excluding hydrogens is 278 g/mol. The molecule has 0 bridgehead atoms. The minimum atomic E-state index is -0.0151. The first-order chi connectivity index (χ1) is 10.7. The molecule has 0 aliphatic carbocycles. The van der Waals surface area contributed by atoms with Gasteiger partial charge in [0.1, 0.15) is 0 Å². The maximum Gasteiger partial charge on any atom is 0.250 e. The van der Waals surface area contributed by atoms with E-state index in [4.69, 9.17) is 5.73 Å². The molecule has 0 aliphatic heterocycles. The average Bonchev–Trinajstić information content (AvgIpc) is 2.54. The van der Waals surface area contributed by atoms with Gasteiger partial charge in [0.25, 0.3) is 5.56 Å². The van der Waals surface area contributed by atoms with E-state index in [2.05, 4.69) is 5.32 Å². The Balaban J connectivity index is 1.89. The molecule has 0 unspecified atom stereocenters. The number of nitrogens with one attached hydrogen (secondary N) is 1. The zero-order chi connectivity index (χ0) is 15.8. The predicted octanol–water partition coefficient (Wildman–Crippen LogP) is 1.25. The third-order valence-electron chi connectivity index (χ3n) is 3.37. The normalized spacial score (nSPS) is 10.4. The molecule has 0 saturated heterocycles. The first kappa shape index (κ1) is 16.0. The van der Waals surface area contributed by atoms with E-state index in [-0.39, 0.29) is 11.5 Å². The summed E-state index contributed by atoms with van der Waals surface area (Å²) in [5, 5.41) is 2.86. The maximum absolute atomic E-state index is 11.7. The van der Waals surface area contributed by atoms with Gasteiger partial charge in [-0.05, 0) is 30.2 Å². The molecule has 5 nitrogen and oxygen atoms in total. The van der Waals surface area contributed by atoms with E-state index in [1.54, 1.807) is 22.9 Å². The smallest absolute Gasteiger partial charge is 0.250 e. The van der Waals surface area contributed by atoms with E-state index in [0.717, 1.165) is 11.1 Å². The van der Waals surface area contributed by atoms with Gasteiger partial charge in [0.05, 0.1) is 6.54 Å². The summed E-state index contributed by atoms with van der Waals surface area (Å²) in [5.41, 5.74) is 7.44. The summed E-state index contributed by atoms with van der Waals surface area (Å²) < 4.78 is 1.66. The van der Waals surface area contributed by atoms with Crippen molar-refractivity contribution in [3.8, 4) is 0 Å². The Hall–Kier alpha value is -2.40. The number of carbonyl (C=O) groups excluding carboxylic acids is 1. The highest BCUT2D eigenvalue weighted by Crippen LogP contribution is 2.06. The standard InChI is InChI=1S/C17H21N3O2/c18-10-3-4-16(21)19-12-14-6-8-15(9-7-14)13-20-11-2-1-5-17(20)22/h1-2,5-9,11H,3-4,10,12-13,18H2,(H,19,21). The van der Waals surface area contributed by atoms with Crippen molar-refractivity contribution in [2.24, 2.45) is 5.73 Å². The van der Waals surface area contributed by atoms with Gasteiger partial charge >= 0.3 is 0 Å². The molecule has 0 saturated carbocycles. The van der Waals surface area contributed by atoms with E-state index in [0.29, 0.717) is 32.5 Å². The zero-order valence-corrected chi connectivity index (χ0v) is 12.5.